The van der Waals surface area contributed by atoms with Gasteiger partial charge >= 0.3 is 0 Å². The van der Waals surface area contributed by atoms with Gasteiger partial charge < -0.3 is 4.90 Å². The smallest absolute Gasteiger partial charge is 0.257 e. The van der Waals surface area contributed by atoms with Crippen LogP contribution in [0, 0.1) is 12.8 Å². The third kappa shape index (κ3) is 4.62. The number of aromatic nitrogens is 1. The number of piperidine rings is 1. The molecule has 0 spiro atoms. The number of aryl methyl sites for hydroxylation is 1. The number of hydrogen-bond acceptors (Lipinski definition) is 5. The number of anilines is 2. The highest BCUT2D eigenvalue weighted by molar-refractivity contribution is 7.15. The summed E-state index contributed by atoms with van der Waals surface area (Å²) >= 11 is 1.59. The van der Waals surface area contributed by atoms with Crippen molar-refractivity contribution in [1.29, 1.82) is 0 Å². The molecule has 1 N–H and O–H groups in total. The molecule has 5 nitrogen and oxygen atoms in total. The summed E-state index contributed by atoms with van der Waals surface area (Å²) in [4.78, 5) is 22.8. The summed E-state index contributed by atoms with van der Waals surface area (Å²) in [6.07, 6.45) is 2.54. The normalized spacial score (nSPS) is 15.8. The van der Waals surface area contributed by atoms with Crippen LogP contribution in [0.2, 0.25) is 0 Å². The average molecular weight is 373 g/mol. The van der Waals surface area contributed by atoms with E-state index in [0.717, 1.165) is 36.9 Å². The minimum absolute atomic E-state index is 0.109. The Bertz CT molecular complexity index is 746. The van der Waals surface area contributed by atoms with E-state index < -0.39 is 0 Å². The number of thiazole rings is 1. The van der Waals surface area contributed by atoms with Gasteiger partial charge in [-0.2, -0.15) is 0 Å². The molecule has 2 aromatic rings. The van der Waals surface area contributed by atoms with Crippen LogP contribution in [0.25, 0.3) is 0 Å². The molecule has 1 aliphatic rings. The first kappa shape index (κ1) is 18.9. The van der Waals surface area contributed by atoms with Crippen LogP contribution in [0.1, 0.15) is 40.7 Å². The van der Waals surface area contributed by atoms with E-state index >= 15 is 0 Å². The third-order valence-corrected chi connectivity index (χ3v) is 6.06. The Morgan fingerprint density at radius 1 is 1.27 bits per heavy atom. The zero-order chi connectivity index (χ0) is 18.7. The molecule has 0 unspecified atom stereocenters. The van der Waals surface area contributed by atoms with E-state index in [1.165, 1.54) is 17.7 Å². The van der Waals surface area contributed by atoms with Crippen molar-refractivity contribution in [3.8, 4) is 0 Å². The Morgan fingerprint density at radius 3 is 2.54 bits per heavy atom. The lowest BCUT2D eigenvalue weighted by Gasteiger charge is -2.29. The molecule has 26 heavy (non-hydrogen) atoms. The van der Waals surface area contributed by atoms with Crippen LogP contribution in [-0.2, 0) is 6.54 Å². The van der Waals surface area contributed by atoms with E-state index in [2.05, 4.69) is 22.1 Å². The zero-order valence-corrected chi connectivity index (χ0v) is 16.9. The van der Waals surface area contributed by atoms with Gasteiger partial charge in [0.15, 0.2) is 5.13 Å². The maximum atomic E-state index is 12.5. The highest BCUT2D eigenvalue weighted by Crippen LogP contribution is 2.26. The molecule has 0 saturated carbocycles. The van der Waals surface area contributed by atoms with Crippen LogP contribution >= 0.6 is 11.3 Å². The fourth-order valence-corrected chi connectivity index (χ4v) is 4.13. The number of amides is 1. The Labute approximate surface area is 160 Å². The molecule has 1 fully saturated rings. The molecule has 1 aromatic carbocycles. The molecule has 0 atom stereocenters. The molecule has 0 aliphatic carbocycles. The fourth-order valence-electron chi connectivity index (χ4n) is 3.13. The number of carbonyl (C=O) groups excluding carboxylic acids is 1. The van der Waals surface area contributed by atoms with Crippen molar-refractivity contribution < 1.29 is 4.79 Å². The highest BCUT2D eigenvalue weighted by Gasteiger charge is 2.19. The summed E-state index contributed by atoms with van der Waals surface area (Å²) in [5, 5.41) is 3.63. The maximum absolute atomic E-state index is 12.5. The van der Waals surface area contributed by atoms with E-state index in [4.69, 9.17) is 0 Å². The second kappa shape index (κ2) is 8.18. The highest BCUT2D eigenvalue weighted by atomic mass is 32.1. The molecule has 1 aliphatic heterocycles. The van der Waals surface area contributed by atoms with Gasteiger partial charge in [0.1, 0.15) is 0 Å². The number of nitrogens with one attached hydrogen (secondary N) is 1. The Balaban J connectivity index is 1.62. The lowest BCUT2D eigenvalue weighted by molar-refractivity contribution is 0.102. The summed E-state index contributed by atoms with van der Waals surface area (Å²) in [5.41, 5.74) is 2.74. The van der Waals surface area contributed by atoms with Gasteiger partial charge in [-0.3, -0.25) is 15.0 Å². The lowest BCUT2D eigenvalue weighted by atomic mass is 9.99. The van der Waals surface area contributed by atoms with Crippen molar-refractivity contribution in [3.05, 3.63) is 40.4 Å². The number of rotatable bonds is 5. The Hall–Kier alpha value is -1.92. The van der Waals surface area contributed by atoms with Crippen LogP contribution in [0.5, 0.6) is 0 Å². The van der Waals surface area contributed by atoms with Gasteiger partial charge in [0.25, 0.3) is 5.91 Å². The molecule has 0 radical (unpaired) electrons. The third-order valence-electron chi connectivity index (χ3n) is 5.00. The van der Waals surface area contributed by atoms with E-state index in [1.54, 1.807) is 11.3 Å². The molecule has 3 rings (SSSR count). The standard InChI is InChI=1S/C20H28N4OS/c1-14-9-11-24(12-10-14)13-18-15(2)21-20(26-18)22-19(25)16-5-7-17(8-6-16)23(3)4/h5-8,14H,9-13H2,1-4H3,(H,21,22,25). The Morgan fingerprint density at radius 2 is 1.92 bits per heavy atom. The summed E-state index contributed by atoms with van der Waals surface area (Å²) in [5.74, 6) is 0.727. The molecule has 6 heteroatoms. The maximum Gasteiger partial charge on any atom is 0.257 e. The molecular weight excluding hydrogens is 344 g/mol. The van der Waals surface area contributed by atoms with Crippen molar-refractivity contribution in [2.45, 2.75) is 33.2 Å². The summed E-state index contributed by atoms with van der Waals surface area (Å²) < 4.78 is 0. The lowest BCUT2D eigenvalue weighted by Crippen LogP contribution is -2.32. The van der Waals surface area contributed by atoms with Crippen molar-refractivity contribution >= 4 is 28.1 Å². The van der Waals surface area contributed by atoms with Crippen LogP contribution in [0.15, 0.2) is 24.3 Å². The predicted octanol–water partition coefficient (Wildman–Crippen LogP) is 4.00. The first-order chi connectivity index (χ1) is 12.4. The monoisotopic (exact) mass is 372 g/mol. The van der Waals surface area contributed by atoms with Crippen molar-refractivity contribution in [1.82, 2.24) is 9.88 Å². The largest absolute Gasteiger partial charge is 0.378 e. The molecule has 1 saturated heterocycles. The van der Waals surface area contributed by atoms with Gasteiger partial charge in [0.2, 0.25) is 0 Å². The van der Waals surface area contributed by atoms with Gasteiger partial charge in [0, 0.05) is 36.8 Å². The molecule has 1 amide bonds. The van der Waals surface area contributed by atoms with Gasteiger partial charge in [-0.1, -0.05) is 6.92 Å². The van der Waals surface area contributed by atoms with Crippen molar-refractivity contribution in [2.24, 2.45) is 5.92 Å². The van der Waals surface area contributed by atoms with E-state index in [-0.39, 0.29) is 5.91 Å². The number of nitrogens with zero attached hydrogens (tertiary/aromatic N) is 3. The summed E-state index contributed by atoms with van der Waals surface area (Å²) in [7, 11) is 3.97. The second-order valence-electron chi connectivity index (χ2n) is 7.38. The molecular formula is C20H28N4OS. The topological polar surface area (TPSA) is 48.5 Å². The van der Waals surface area contributed by atoms with Crippen molar-refractivity contribution in [3.63, 3.8) is 0 Å². The molecule has 140 valence electrons. The SMILES string of the molecule is Cc1nc(NC(=O)c2ccc(N(C)C)cc2)sc1CN1CCC(C)CC1. The Kier molecular flexibility index (Phi) is 5.94. The van der Waals surface area contributed by atoms with Gasteiger partial charge in [0.05, 0.1) is 5.69 Å². The summed E-state index contributed by atoms with van der Waals surface area (Å²) in [6.45, 7) is 7.59. The van der Waals surface area contributed by atoms with Crippen LogP contribution in [0.4, 0.5) is 10.8 Å². The molecule has 1 aromatic heterocycles. The number of hydrogen-bond donors (Lipinski definition) is 1. The minimum atomic E-state index is -0.109. The second-order valence-corrected chi connectivity index (χ2v) is 8.47. The first-order valence-corrected chi connectivity index (χ1v) is 10.0. The fraction of sp³-hybridized carbons (Fsp3) is 0.500. The van der Waals surface area contributed by atoms with Crippen LogP contribution < -0.4 is 10.2 Å². The number of likely N-dealkylation sites (tertiary alicyclic amines) is 1. The predicted molar refractivity (Wildman–Crippen MR) is 109 cm³/mol. The van der Waals surface area contributed by atoms with E-state index in [0.29, 0.717) is 10.7 Å². The van der Waals surface area contributed by atoms with Gasteiger partial charge in [-0.25, -0.2) is 4.98 Å². The van der Waals surface area contributed by atoms with E-state index in [9.17, 15) is 4.79 Å². The average Bonchev–Trinajstić information content (AvgIpc) is 2.96. The van der Waals surface area contributed by atoms with Crippen LogP contribution in [-0.4, -0.2) is 43.0 Å². The molecule has 2 heterocycles. The van der Waals surface area contributed by atoms with Crippen LogP contribution in [0.3, 0.4) is 0 Å². The van der Waals surface area contributed by atoms with Gasteiger partial charge in [-0.05, 0) is 63.0 Å². The van der Waals surface area contributed by atoms with Gasteiger partial charge in [-0.15, -0.1) is 11.3 Å². The number of carbonyl (C=O) groups is 1. The number of benzene rings is 1. The minimum Gasteiger partial charge on any atom is -0.378 e. The quantitative estimate of drug-likeness (QED) is 0.862. The zero-order valence-electron chi connectivity index (χ0n) is 16.1. The van der Waals surface area contributed by atoms with Crippen molar-refractivity contribution in [2.75, 3.05) is 37.4 Å². The first-order valence-electron chi connectivity index (χ1n) is 9.20. The van der Waals surface area contributed by atoms with E-state index in [1.807, 2.05) is 50.2 Å². The summed E-state index contributed by atoms with van der Waals surface area (Å²) in [6, 6.07) is 7.59. The molecule has 0 bridgehead atoms.